The Labute approximate surface area is 315 Å². The van der Waals surface area contributed by atoms with Gasteiger partial charge in [-0.1, -0.05) is 150 Å². The van der Waals surface area contributed by atoms with Crippen molar-refractivity contribution >= 4 is 18.1 Å². The zero-order chi connectivity index (χ0) is 37.6. The highest BCUT2D eigenvalue weighted by Gasteiger charge is 2.18. The maximum atomic E-state index is 12.9. The first-order valence-electron chi connectivity index (χ1n) is 21.7. The van der Waals surface area contributed by atoms with Gasteiger partial charge in [-0.3, -0.25) is 9.59 Å². The quantitative estimate of drug-likeness (QED) is 0.0353. The van der Waals surface area contributed by atoms with Crippen LogP contribution in [-0.2, 0) is 28.5 Å². The van der Waals surface area contributed by atoms with Crippen LogP contribution in [0.4, 0.5) is 4.79 Å². The summed E-state index contributed by atoms with van der Waals surface area (Å²) in [6.45, 7) is 14.7. The third kappa shape index (κ3) is 33.7. The third-order valence-corrected chi connectivity index (χ3v) is 10.1. The predicted octanol–water partition coefficient (Wildman–Crippen LogP) is 12.0. The van der Waals surface area contributed by atoms with Gasteiger partial charge in [0.2, 0.25) is 0 Å². The van der Waals surface area contributed by atoms with Crippen molar-refractivity contribution in [3.8, 4) is 0 Å². The number of hydrogen-bond acceptors (Lipinski definition) is 8. The molecular weight excluding hydrogens is 642 g/mol. The number of esters is 2. The first-order chi connectivity index (χ1) is 24.9. The Hall–Kier alpha value is -1.83. The minimum absolute atomic E-state index is 0.102. The van der Waals surface area contributed by atoms with E-state index in [0.717, 1.165) is 51.7 Å². The monoisotopic (exact) mass is 726 g/mol. The number of carbonyl (C=O) groups is 3. The Morgan fingerprint density at radius 2 is 0.922 bits per heavy atom. The average molecular weight is 726 g/mol. The van der Waals surface area contributed by atoms with Crippen molar-refractivity contribution in [3.63, 3.8) is 0 Å². The molecule has 8 heteroatoms. The van der Waals surface area contributed by atoms with Gasteiger partial charge in [-0.2, -0.15) is 0 Å². The van der Waals surface area contributed by atoms with Gasteiger partial charge in [-0.25, -0.2) is 4.79 Å². The molecule has 0 rings (SSSR count). The highest BCUT2D eigenvalue weighted by Crippen LogP contribution is 2.23. The van der Waals surface area contributed by atoms with E-state index in [1.165, 1.54) is 109 Å². The number of ether oxygens (including phenoxy) is 4. The fourth-order valence-corrected chi connectivity index (χ4v) is 6.57. The minimum atomic E-state index is -0.681. The highest BCUT2D eigenvalue weighted by atomic mass is 16.7. The molecule has 0 aliphatic carbocycles. The maximum Gasteiger partial charge on any atom is 0.508 e. The van der Waals surface area contributed by atoms with Crippen molar-refractivity contribution in [1.29, 1.82) is 0 Å². The molecule has 1 unspecified atom stereocenters. The molecule has 0 spiro atoms. The molecule has 0 fully saturated rings. The summed E-state index contributed by atoms with van der Waals surface area (Å²) < 4.78 is 22.1. The van der Waals surface area contributed by atoms with Crippen LogP contribution < -0.4 is 0 Å². The molecule has 0 aromatic rings. The van der Waals surface area contributed by atoms with Crippen LogP contribution in [0.5, 0.6) is 0 Å². The first-order valence-corrected chi connectivity index (χ1v) is 21.7. The zero-order valence-electron chi connectivity index (χ0n) is 34.3. The lowest BCUT2D eigenvalue weighted by molar-refractivity contribution is -0.145. The minimum Gasteiger partial charge on any atom is -0.466 e. The standard InChI is InChI=1S/C43H83NO7/c1-6-11-14-17-18-19-20-23-26-30-41(45)48-35-31-40(38-51-43(47)50-34-27-33-44(9-4)10-5)32-36-49-42(46)37-39(28-24-21-15-12-7-2)29-25-22-16-13-8-3/h39-40H,6-38H2,1-5H3. The van der Waals surface area contributed by atoms with Crippen molar-refractivity contribution < 1.29 is 33.3 Å². The fraction of sp³-hybridized carbons (Fsp3) is 0.930. The smallest absolute Gasteiger partial charge is 0.466 e. The van der Waals surface area contributed by atoms with Crippen molar-refractivity contribution in [2.24, 2.45) is 11.8 Å². The van der Waals surface area contributed by atoms with E-state index in [1.54, 1.807) is 0 Å². The largest absolute Gasteiger partial charge is 0.508 e. The van der Waals surface area contributed by atoms with E-state index in [0.29, 0.717) is 38.2 Å². The summed E-state index contributed by atoms with van der Waals surface area (Å²) >= 11 is 0. The Morgan fingerprint density at radius 1 is 0.451 bits per heavy atom. The van der Waals surface area contributed by atoms with E-state index in [1.807, 2.05) is 0 Å². The predicted molar refractivity (Wildman–Crippen MR) is 211 cm³/mol. The molecule has 0 aromatic heterocycles. The topological polar surface area (TPSA) is 91.4 Å². The van der Waals surface area contributed by atoms with Crippen molar-refractivity contribution in [3.05, 3.63) is 0 Å². The summed E-state index contributed by atoms with van der Waals surface area (Å²) in [7, 11) is 0. The molecule has 8 nitrogen and oxygen atoms in total. The van der Waals surface area contributed by atoms with Crippen LogP contribution in [0, 0.1) is 11.8 Å². The summed E-state index contributed by atoms with van der Waals surface area (Å²) in [6, 6.07) is 0. The molecular formula is C43H83NO7. The maximum absolute atomic E-state index is 12.9. The van der Waals surface area contributed by atoms with Crippen molar-refractivity contribution in [2.75, 3.05) is 46.1 Å². The first kappa shape index (κ1) is 49.2. The molecule has 1 atom stereocenters. The Balaban J connectivity index is 4.78. The highest BCUT2D eigenvalue weighted by molar-refractivity contribution is 5.69. The van der Waals surface area contributed by atoms with Crippen LogP contribution in [-0.4, -0.2) is 69.1 Å². The van der Waals surface area contributed by atoms with Gasteiger partial charge in [-0.15, -0.1) is 0 Å². The van der Waals surface area contributed by atoms with Gasteiger partial charge in [-0.05, 0) is 63.5 Å². The molecule has 0 saturated carbocycles. The number of hydrogen-bond donors (Lipinski definition) is 0. The second-order valence-electron chi connectivity index (χ2n) is 14.7. The van der Waals surface area contributed by atoms with E-state index < -0.39 is 6.16 Å². The van der Waals surface area contributed by atoms with E-state index >= 15 is 0 Å². The van der Waals surface area contributed by atoms with Gasteiger partial charge >= 0.3 is 18.1 Å². The van der Waals surface area contributed by atoms with Gasteiger partial charge in [0.1, 0.15) is 0 Å². The molecule has 0 aliphatic heterocycles. The average Bonchev–Trinajstić information content (AvgIpc) is 3.12. The molecule has 0 radical (unpaired) electrons. The van der Waals surface area contributed by atoms with Gasteiger partial charge in [0, 0.05) is 19.4 Å². The SMILES string of the molecule is CCCCCCCCCCCC(=O)OCCC(CCOC(=O)CC(CCCCCCC)CCCCCCC)COC(=O)OCCCN(CC)CC. The lowest BCUT2D eigenvalue weighted by Gasteiger charge is -2.19. The third-order valence-electron chi connectivity index (χ3n) is 10.1. The summed E-state index contributed by atoms with van der Waals surface area (Å²) in [6.07, 6.45) is 27.5. The van der Waals surface area contributed by atoms with Crippen molar-refractivity contribution in [2.45, 2.75) is 202 Å². The molecule has 0 aromatic carbocycles. The van der Waals surface area contributed by atoms with Gasteiger partial charge in [0.15, 0.2) is 0 Å². The molecule has 0 amide bonds. The molecule has 302 valence electrons. The molecule has 51 heavy (non-hydrogen) atoms. The Bertz CT molecular complexity index is 774. The van der Waals surface area contributed by atoms with Crippen LogP contribution >= 0.6 is 0 Å². The van der Waals surface area contributed by atoms with E-state index in [9.17, 15) is 14.4 Å². The number of unbranched alkanes of at least 4 members (excludes halogenated alkanes) is 16. The van der Waals surface area contributed by atoms with E-state index in [2.05, 4.69) is 39.5 Å². The Kier molecular flexibility index (Phi) is 36.6. The zero-order valence-corrected chi connectivity index (χ0v) is 34.3. The molecule has 0 bridgehead atoms. The lowest BCUT2D eigenvalue weighted by Crippen LogP contribution is -2.25. The van der Waals surface area contributed by atoms with Crippen molar-refractivity contribution in [1.82, 2.24) is 4.90 Å². The van der Waals surface area contributed by atoms with Crippen LogP contribution in [0.3, 0.4) is 0 Å². The molecule has 0 aliphatic rings. The fourth-order valence-electron chi connectivity index (χ4n) is 6.57. The molecule has 0 N–H and O–H groups in total. The number of rotatable bonds is 38. The summed E-state index contributed by atoms with van der Waals surface area (Å²) in [4.78, 5) is 40.0. The second kappa shape index (κ2) is 37.9. The van der Waals surface area contributed by atoms with Crippen LogP contribution in [0.2, 0.25) is 0 Å². The van der Waals surface area contributed by atoms with Crippen LogP contribution in [0.1, 0.15) is 202 Å². The van der Waals surface area contributed by atoms with Crippen LogP contribution in [0.15, 0.2) is 0 Å². The number of nitrogens with zero attached hydrogens (tertiary/aromatic N) is 1. The number of carbonyl (C=O) groups excluding carboxylic acids is 3. The normalized spacial score (nSPS) is 12.0. The van der Waals surface area contributed by atoms with E-state index in [-0.39, 0.29) is 37.7 Å². The second-order valence-corrected chi connectivity index (χ2v) is 14.7. The molecule has 0 heterocycles. The van der Waals surface area contributed by atoms with Gasteiger partial charge in [0.25, 0.3) is 0 Å². The Morgan fingerprint density at radius 3 is 1.43 bits per heavy atom. The van der Waals surface area contributed by atoms with Crippen LogP contribution in [0.25, 0.3) is 0 Å². The summed E-state index contributed by atoms with van der Waals surface area (Å²) in [5.74, 6) is -0.0371. The van der Waals surface area contributed by atoms with Gasteiger partial charge in [0.05, 0.1) is 26.4 Å². The van der Waals surface area contributed by atoms with E-state index in [4.69, 9.17) is 18.9 Å². The lowest BCUT2D eigenvalue weighted by atomic mass is 9.91. The van der Waals surface area contributed by atoms with Gasteiger partial charge < -0.3 is 23.8 Å². The molecule has 0 saturated heterocycles. The summed E-state index contributed by atoms with van der Waals surface area (Å²) in [5, 5.41) is 0. The summed E-state index contributed by atoms with van der Waals surface area (Å²) in [5.41, 5.74) is 0.